The molecule has 0 saturated heterocycles. The molecule has 2 N–H and O–H groups in total. The highest BCUT2D eigenvalue weighted by molar-refractivity contribution is 5.92. The van der Waals surface area contributed by atoms with Gasteiger partial charge in [0.1, 0.15) is 11.6 Å². The first kappa shape index (κ1) is 14.9. The highest BCUT2D eigenvalue weighted by atomic mass is 16.5. The van der Waals surface area contributed by atoms with Gasteiger partial charge < -0.3 is 14.8 Å². The molecule has 1 aliphatic rings. The average molecular weight is 324 g/mol. The van der Waals surface area contributed by atoms with Crippen molar-refractivity contribution in [3.63, 3.8) is 0 Å². The number of fused-ring (bicyclic) bond motifs is 1. The third-order valence-corrected chi connectivity index (χ3v) is 4.40. The van der Waals surface area contributed by atoms with E-state index in [2.05, 4.69) is 34.3 Å². The fourth-order valence-corrected chi connectivity index (χ4v) is 2.84. The van der Waals surface area contributed by atoms with Crippen LogP contribution in [0.25, 0.3) is 11.0 Å². The lowest BCUT2D eigenvalue weighted by Crippen LogP contribution is -2.32. The van der Waals surface area contributed by atoms with Gasteiger partial charge in [0.05, 0.1) is 17.1 Å². The summed E-state index contributed by atoms with van der Waals surface area (Å²) in [4.78, 5) is 20.4. The van der Waals surface area contributed by atoms with E-state index in [1.54, 1.807) is 6.07 Å². The molecule has 1 atom stereocenters. The fourth-order valence-electron chi connectivity index (χ4n) is 2.84. The predicted octanol–water partition coefficient (Wildman–Crippen LogP) is 3.56. The van der Waals surface area contributed by atoms with Crippen molar-refractivity contribution in [2.75, 3.05) is 0 Å². The molecule has 1 saturated carbocycles. The van der Waals surface area contributed by atoms with Crippen LogP contribution in [0.4, 0.5) is 0 Å². The van der Waals surface area contributed by atoms with Gasteiger partial charge in [-0.3, -0.25) is 4.79 Å². The molecule has 3 aromatic rings. The molecule has 6 heteroatoms. The van der Waals surface area contributed by atoms with E-state index in [0.29, 0.717) is 11.6 Å². The first-order chi connectivity index (χ1) is 11.6. The smallest absolute Gasteiger partial charge is 0.274 e. The number of nitrogens with one attached hydrogen (secondary N) is 2. The molecule has 2 heterocycles. The van der Waals surface area contributed by atoms with Crippen LogP contribution in [0.1, 0.15) is 60.7 Å². The highest BCUT2D eigenvalue weighted by Gasteiger charge is 2.30. The number of amides is 1. The number of benzene rings is 1. The lowest BCUT2D eigenvalue weighted by Gasteiger charge is -2.19. The average Bonchev–Trinajstić information content (AvgIpc) is 3.14. The fraction of sp³-hybridized carbons (Fsp3) is 0.389. The summed E-state index contributed by atoms with van der Waals surface area (Å²) in [5, 5.41) is 6.94. The number of imidazole rings is 1. The second-order valence-electron chi connectivity index (χ2n) is 6.72. The van der Waals surface area contributed by atoms with Crippen LogP contribution in [0, 0.1) is 5.92 Å². The molecule has 0 bridgehead atoms. The number of para-hydroxylation sites is 2. The summed E-state index contributed by atoms with van der Waals surface area (Å²) in [6.45, 7) is 4.10. The van der Waals surface area contributed by atoms with Gasteiger partial charge in [0.2, 0.25) is 0 Å². The molecule has 2 aromatic heterocycles. The molecule has 4 rings (SSSR count). The Hall–Kier alpha value is -2.63. The lowest BCUT2D eigenvalue weighted by atomic mass is 10.0. The molecule has 1 unspecified atom stereocenters. The van der Waals surface area contributed by atoms with E-state index >= 15 is 0 Å². The molecule has 1 aromatic carbocycles. The van der Waals surface area contributed by atoms with Gasteiger partial charge in [0.15, 0.2) is 5.69 Å². The standard InChI is InChI=1S/C18H20N4O2/c1-10(2)16(17-19-12-5-3-4-6-13(12)20-17)21-18(23)14-9-15(24-22-14)11-7-8-11/h3-6,9-11,16H,7-8H2,1-2H3,(H,19,20)(H,21,23). The lowest BCUT2D eigenvalue weighted by molar-refractivity contribution is 0.0914. The Balaban J connectivity index is 1.57. The number of aromatic nitrogens is 3. The minimum atomic E-state index is -0.232. The molecule has 24 heavy (non-hydrogen) atoms. The summed E-state index contributed by atoms with van der Waals surface area (Å²) < 4.78 is 5.27. The molecule has 6 nitrogen and oxygen atoms in total. The van der Waals surface area contributed by atoms with E-state index in [0.717, 1.165) is 35.5 Å². The van der Waals surface area contributed by atoms with Crippen molar-refractivity contribution in [2.45, 2.75) is 38.6 Å². The quantitative estimate of drug-likeness (QED) is 0.751. The third kappa shape index (κ3) is 2.79. The normalized spacial score (nSPS) is 15.8. The predicted molar refractivity (Wildman–Crippen MR) is 89.6 cm³/mol. The van der Waals surface area contributed by atoms with Crippen LogP contribution >= 0.6 is 0 Å². The maximum absolute atomic E-state index is 12.5. The van der Waals surface area contributed by atoms with E-state index < -0.39 is 0 Å². The summed E-state index contributed by atoms with van der Waals surface area (Å²) >= 11 is 0. The summed E-state index contributed by atoms with van der Waals surface area (Å²) in [6.07, 6.45) is 2.23. The van der Waals surface area contributed by atoms with Gasteiger partial charge in [-0.25, -0.2) is 4.98 Å². The Kier molecular flexibility index (Phi) is 3.59. The number of carbonyl (C=O) groups excluding carboxylic acids is 1. The molecule has 0 radical (unpaired) electrons. The molecular formula is C18H20N4O2. The second kappa shape index (κ2) is 5.78. The van der Waals surface area contributed by atoms with Gasteiger partial charge in [-0.1, -0.05) is 31.1 Å². The molecule has 1 amide bonds. The van der Waals surface area contributed by atoms with Gasteiger partial charge in [0, 0.05) is 12.0 Å². The van der Waals surface area contributed by atoms with E-state index in [1.165, 1.54) is 0 Å². The van der Waals surface area contributed by atoms with E-state index in [4.69, 9.17) is 4.52 Å². The van der Waals surface area contributed by atoms with Gasteiger partial charge in [0.25, 0.3) is 5.91 Å². The number of rotatable bonds is 5. The second-order valence-corrected chi connectivity index (χ2v) is 6.72. The van der Waals surface area contributed by atoms with Crippen LogP contribution in [0.5, 0.6) is 0 Å². The Morgan fingerprint density at radius 3 is 2.83 bits per heavy atom. The zero-order valence-electron chi connectivity index (χ0n) is 13.7. The van der Waals surface area contributed by atoms with Crippen molar-refractivity contribution in [1.29, 1.82) is 0 Å². The van der Waals surface area contributed by atoms with Crippen LogP contribution in [0.15, 0.2) is 34.9 Å². The van der Waals surface area contributed by atoms with Crippen molar-refractivity contribution in [3.05, 3.63) is 47.6 Å². The topological polar surface area (TPSA) is 83.8 Å². The van der Waals surface area contributed by atoms with Crippen LogP contribution in [-0.2, 0) is 0 Å². The zero-order valence-corrected chi connectivity index (χ0v) is 13.7. The number of nitrogens with zero attached hydrogens (tertiary/aromatic N) is 2. The first-order valence-corrected chi connectivity index (χ1v) is 8.34. The van der Waals surface area contributed by atoms with Crippen molar-refractivity contribution in [2.24, 2.45) is 5.92 Å². The Labute approximate surface area is 139 Å². The zero-order chi connectivity index (χ0) is 16.7. The largest absolute Gasteiger partial charge is 0.360 e. The summed E-state index contributed by atoms with van der Waals surface area (Å²) in [5.41, 5.74) is 2.19. The van der Waals surface area contributed by atoms with Crippen molar-refractivity contribution in [1.82, 2.24) is 20.4 Å². The number of hydrogen-bond donors (Lipinski definition) is 2. The van der Waals surface area contributed by atoms with Crippen LogP contribution in [0.3, 0.4) is 0 Å². The van der Waals surface area contributed by atoms with E-state index in [9.17, 15) is 4.79 Å². The van der Waals surface area contributed by atoms with E-state index in [-0.39, 0.29) is 17.9 Å². The summed E-state index contributed by atoms with van der Waals surface area (Å²) in [5.74, 6) is 1.96. The molecular weight excluding hydrogens is 304 g/mol. The van der Waals surface area contributed by atoms with Crippen LogP contribution in [-0.4, -0.2) is 21.0 Å². The molecule has 0 aliphatic heterocycles. The summed E-state index contributed by atoms with van der Waals surface area (Å²) in [7, 11) is 0. The molecule has 0 spiro atoms. The minimum absolute atomic E-state index is 0.185. The first-order valence-electron chi connectivity index (χ1n) is 8.34. The van der Waals surface area contributed by atoms with Crippen molar-refractivity contribution < 1.29 is 9.32 Å². The number of aromatic amines is 1. The number of H-pyrrole nitrogens is 1. The Morgan fingerprint density at radius 1 is 1.33 bits per heavy atom. The molecule has 1 fully saturated rings. The monoisotopic (exact) mass is 324 g/mol. The van der Waals surface area contributed by atoms with Gasteiger partial charge in [-0.2, -0.15) is 0 Å². The maximum atomic E-state index is 12.5. The van der Waals surface area contributed by atoms with Gasteiger partial charge in [-0.05, 0) is 30.9 Å². The highest BCUT2D eigenvalue weighted by Crippen LogP contribution is 2.40. The number of carbonyl (C=O) groups is 1. The van der Waals surface area contributed by atoms with E-state index in [1.807, 2.05) is 24.3 Å². The Morgan fingerprint density at radius 2 is 2.12 bits per heavy atom. The van der Waals surface area contributed by atoms with Crippen molar-refractivity contribution in [3.8, 4) is 0 Å². The van der Waals surface area contributed by atoms with Gasteiger partial charge >= 0.3 is 0 Å². The van der Waals surface area contributed by atoms with Crippen LogP contribution in [0.2, 0.25) is 0 Å². The molecule has 1 aliphatic carbocycles. The van der Waals surface area contributed by atoms with Crippen molar-refractivity contribution >= 4 is 16.9 Å². The molecule has 124 valence electrons. The summed E-state index contributed by atoms with van der Waals surface area (Å²) in [6, 6.07) is 9.38. The SMILES string of the molecule is CC(C)C(NC(=O)c1cc(C2CC2)on1)c1nc2ccccc2[nH]1. The van der Waals surface area contributed by atoms with Gasteiger partial charge in [-0.15, -0.1) is 0 Å². The minimum Gasteiger partial charge on any atom is -0.360 e. The van der Waals surface area contributed by atoms with Crippen LogP contribution < -0.4 is 5.32 Å². The Bertz CT molecular complexity index is 843. The number of hydrogen-bond acceptors (Lipinski definition) is 4. The third-order valence-electron chi connectivity index (χ3n) is 4.40. The maximum Gasteiger partial charge on any atom is 0.274 e.